The summed E-state index contributed by atoms with van der Waals surface area (Å²) in [4.78, 5) is 15.6. The summed E-state index contributed by atoms with van der Waals surface area (Å²) in [6.45, 7) is 4.56. The van der Waals surface area contributed by atoms with Crippen molar-refractivity contribution in [2.75, 3.05) is 6.54 Å². The van der Waals surface area contributed by atoms with Gasteiger partial charge in [0.15, 0.2) is 0 Å². The van der Waals surface area contributed by atoms with Gasteiger partial charge in [0.1, 0.15) is 11.4 Å². The number of carbonyl (C=O) groups excluding carboxylic acids is 1. The number of phenolic OH excluding ortho intramolecular Hbond substituents is 1. The highest BCUT2D eigenvalue weighted by atomic mass is 16.3. The average Bonchev–Trinajstić information content (AvgIpc) is 2.86. The summed E-state index contributed by atoms with van der Waals surface area (Å²) in [7, 11) is 0. The third-order valence-electron chi connectivity index (χ3n) is 4.08. The Labute approximate surface area is 135 Å². The zero-order valence-electron chi connectivity index (χ0n) is 13.3. The van der Waals surface area contributed by atoms with E-state index in [-0.39, 0.29) is 11.7 Å². The number of aromatic hydroxyl groups is 1. The quantitative estimate of drug-likeness (QED) is 0.691. The van der Waals surface area contributed by atoms with Crippen molar-refractivity contribution in [2.45, 2.75) is 20.3 Å². The van der Waals surface area contributed by atoms with Crippen LogP contribution in [-0.4, -0.2) is 22.5 Å². The van der Waals surface area contributed by atoms with E-state index in [1.54, 1.807) is 12.1 Å². The van der Waals surface area contributed by atoms with Gasteiger partial charge in [0, 0.05) is 17.4 Å². The monoisotopic (exact) mass is 308 g/mol. The van der Waals surface area contributed by atoms with E-state index in [4.69, 9.17) is 0 Å². The Kier molecular flexibility index (Phi) is 4.06. The summed E-state index contributed by atoms with van der Waals surface area (Å²) >= 11 is 0. The van der Waals surface area contributed by atoms with Gasteiger partial charge in [0.25, 0.3) is 5.91 Å². The van der Waals surface area contributed by atoms with Crippen LogP contribution in [0.15, 0.2) is 42.5 Å². The Morgan fingerprint density at radius 2 is 1.87 bits per heavy atom. The number of nitrogens with one attached hydrogen (secondary N) is 2. The number of benzene rings is 2. The molecule has 3 rings (SSSR count). The van der Waals surface area contributed by atoms with Crippen molar-refractivity contribution in [1.29, 1.82) is 0 Å². The first-order valence-electron chi connectivity index (χ1n) is 7.69. The fourth-order valence-electron chi connectivity index (χ4n) is 2.74. The van der Waals surface area contributed by atoms with Crippen molar-refractivity contribution in [3.63, 3.8) is 0 Å². The van der Waals surface area contributed by atoms with Gasteiger partial charge in [0.2, 0.25) is 0 Å². The summed E-state index contributed by atoms with van der Waals surface area (Å²) in [5.74, 6) is 0.164. The highest BCUT2D eigenvalue weighted by Gasteiger charge is 2.14. The van der Waals surface area contributed by atoms with Crippen LogP contribution in [0.2, 0.25) is 0 Å². The molecule has 23 heavy (non-hydrogen) atoms. The minimum atomic E-state index is -0.0878. The van der Waals surface area contributed by atoms with E-state index in [0.717, 1.165) is 28.5 Å². The molecule has 3 aromatic rings. The first-order chi connectivity index (χ1) is 11.0. The van der Waals surface area contributed by atoms with Crippen LogP contribution in [0.3, 0.4) is 0 Å². The lowest BCUT2D eigenvalue weighted by molar-refractivity contribution is 0.0949. The molecule has 0 saturated carbocycles. The minimum absolute atomic E-state index is 0.0878. The van der Waals surface area contributed by atoms with E-state index in [2.05, 4.69) is 16.4 Å². The van der Waals surface area contributed by atoms with Crippen LogP contribution in [-0.2, 0) is 6.42 Å². The predicted molar refractivity (Wildman–Crippen MR) is 91.9 cm³/mol. The highest BCUT2D eigenvalue weighted by Crippen LogP contribution is 2.22. The number of hydrogen-bond donors (Lipinski definition) is 3. The number of phenols is 1. The first-order valence-corrected chi connectivity index (χ1v) is 7.69. The molecule has 1 heterocycles. The maximum absolute atomic E-state index is 12.4. The van der Waals surface area contributed by atoms with Crippen LogP contribution in [0.5, 0.6) is 5.75 Å². The summed E-state index contributed by atoms with van der Waals surface area (Å²) in [5.41, 5.74) is 4.84. The molecule has 0 aliphatic carbocycles. The molecule has 0 spiro atoms. The van der Waals surface area contributed by atoms with Gasteiger partial charge in [-0.25, -0.2) is 0 Å². The van der Waals surface area contributed by atoms with Crippen LogP contribution in [0.1, 0.15) is 27.2 Å². The van der Waals surface area contributed by atoms with Gasteiger partial charge in [-0.2, -0.15) is 0 Å². The number of aromatic nitrogens is 1. The molecule has 3 N–H and O–H groups in total. The van der Waals surface area contributed by atoms with E-state index in [0.29, 0.717) is 12.2 Å². The second kappa shape index (κ2) is 6.16. The van der Waals surface area contributed by atoms with E-state index >= 15 is 0 Å². The van der Waals surface area contributed by atoms with Crippen molar-refractivity contribution in [3.8, 4) is 5.75 Å². The van der Waals surface area contributed by atoms with Gasteiger partial charge in [-0.1, -0.05) is 23.8 Å². The Morgan fingerprint density at radius 1 is 1.13 bits per heavy atom. The van der Waals surface area contributed by atoms with Gasteiger partial charge in [-0.05, 0) is 55.7 Å². The molecule has 0 aliphatic heterocycles. The maximum Gasteiger partial charge on any atom is 0.268 e. The lowest BCUT2D eigenvalue weighted by Crippen LogP contribution is -2.26. The fourth-order valence-corrected chi connectivity index (χ4v) is 2.74. The van der Waals surface area contributed by atoms with E-state index in [9.17, 15) is 9.90 Å². The standard InChI is InChI=1S/C19H20N2O2/c1-12-3-8-17-16(11-12)13(2)18(21-17)19(23)20-10-9-14-4-6-15(22)7-5-14/h3-8,11,21-22H,9-10H2,1-2H3,(H,20,23). The van der Waals surface area contributed by atoms with Crippen LogP contribution in [0.4, 0.5) is 0 Å². The van der Waals surface area contributed by atoms with Gasteiger partial charge >= 0.3 is 0 Å². The molecule has 2 aromatic carbocycles. The van der Waals surface area contributed by atoms with Crippen molar-refractivity contribution < 1.29 is 9.90 Å². The SMILES string of the molecule is Cc1ccc2[nH]c(C(=O)NCCc3ccc(O)cc3)c(C)c2c1. The smallest absolute Gasteiger partial charge is 0.268 e. The van der Waals surface area contributed by atoms with Gasteiger partial charge < -0.3 is 15.4 Å². The van der Waals surface area contributed by atoms with Crippen LogP contribution >= 0.6 is 0 Å². The molecule has 0 radical (unpaired) electrons. The molecular formula is C19H20N2O2. The molecule has 1 amide bonds. The second-order valence-electron chi connectivity index (χ2n) is 5.85. The third kappa shape index (κ3) is 3.21. The van der Waals surface area contributed by atoms with Gasteiger partial charge in [-0.3, -0.25) is 4.79 Å². The minimum Gasteiger partial charge on any atom is -0.508 e. The Hall–Kier alpha value is -2.75. The number of amides is 1. The highest BCUT2D eigenvalue weighted by molar-refractivity contribution is 6.01. The zero-order valence-corrected chi connectivity index (χ0v) is 13.3. The molecule has 0 atom stereocenters. The van der Waals surface area contributed by atoms with Crippen LogP contribution < -0.4 is 5.32 Å². The largest absolute Gasteiger partial charge is 0.508 e. The fraction of sp³-hybridized carbons (Fsp3) is 0.211. The number of aryl methyl sites for hydroxylation is 2. The van der Waals surface area contributed by atoms with Crippen molar-refractivity contribution in [2.24, 2.45) is 0 Å². The number of aromatic amines is 1. The van der Waals surface area contributed by atoms with Crippen molar-refractivity contribution in [3.05, 3.63) is 64.8 Å². The van der Waals surface area contributed by atoms with Crippen LogP contribution in [0.25, 0.3) is 10.9 Å². The predicted octanol–water partition coefficient (Wildman–Crippen LogP) is 3.46. The topological polar surface area (TPSA) is 65.1 Å². The molecule has 0 fully saturated rings. The molecule has 4 nitrogen and oxygen atoms in total. The Balaban J connectivity index is 1.68. The first kappa shape index (κ1) is 15.2. The summed E-state index contributed by atoms with van der Waals surface area (Å²) in [5, 5.41) is 13.3. The number of hydrogen-bond acceptors (Lipinski definition) is 2. The van der Waals surface area contributed by atoms with Crippen molar-refractivity contribution >= 4 is 16.8 Å². The molecular weight excluding hydrogens is 288 g/mol. The Morgan fingerprint density at radius 3 is 2.61 bits per heavy atom. The van der Waals surface area contributed by atoms with Crippen LogP contribution in [0, 0.1) is 13.8 Å². The number of H-pyrrole nitrogens is 1. The average molecular weight is 308 g/mol. The summed E-state index contributed by atoms with van der Waals surface area (Å²) < 4.78 is 0. The van der Waals surface area contributed by atoms with E-state index in [1.165, 1.54) is 5.56 Å². The molecule has 0 unspecified atom stereocenters. The third-order valence-corrected chi connectivity index (χ3v) is 4.08. The molecule has 1 aromatic heterocycles. The van der Waals surface area contributed by atoms with Gasteiger partial charge in [0.05, 0.1) is 0 Å². The lowest BCUT2D eigenvalue weighted by Gasteiger charge is -2.05. The summed E-state index contributed by atoms with van der Waals surface area (Å²) in [6.07, 6.45) is 0.727. The number of carbonyl (C=O) groups is 1. The molecule has 0 bridgehead atoms. The van der Waals surface area contributed by atoms with Crippen molar-refractivity contribution in [1.82, 2.24) is 10.3 Å². The maximum atomic E-state index is 12.4. The molecule has 0 aliphatic rings. The van der Waals surface area contributed by atoms with E-state index < -0.39 is 0 Å². The number of rotatable bonds is 4. The van der Waals surface area contributed by atoms with Gasteiger partial charge in [-0.15, -0.1) is 0 Å². The normalized spacial score (nSPS) is 10.9. The summed E-state index contributed by atoms with van der Waals surface area (Å²) in [6, 6.07) is 13.2. The second-order valence-corrected chi connectivity index (χ2v) is 5.85. The zero-order chi connectivity index (χ0) is 16.4. The molecule has 118 valence electrons. The lowest BCUT2D eigenvalue weighted by atomic mass is 10.1. The molecule has 4 heteroatoms. The number of fused-ring (bicyclic) bond motifs is 1. The molecule has 0 saturated heterocycles. The van der Waals surface area contributed by atoms with E-state index in [1.807, 2.05) is 38.1 Å². The Bertz CT molecular complexity index is 848.